The third-order valence-corrected chi connectivity index (χ3v) is 3.05. The summed E-state index contributed by atoms with van der Waals surface area (Å²) in [5.74, 6) is -1.01. The molecule has 0 aromatic heterocycles. The molecule has 0 spiro atoms. The van der Waals surface area contributed by atoms with Gasteiger partial charge in [0.2, 0.25) is 0 Å². The fourth-order valence-electron chi connectivity index (χ4n) is 1.62. The van der Waals surface area contributed by atoms with Crippen molar-refractivity contribution in [3.63, 3.8) is 0 Å². The van der Waals surface area contributed by atoms with Crippen LogP contribution >= 0.6 is 11.6 Å². The van der Waals surface area contributed by atoms with E-state index in [-0.39, 0.29) is 10.7 Å². The van der Waals surface area contributed by atoms with E-state index in [1.807, 2.05) is 0 Å². The Bertz CT molecular complexity index is 623. The van der Waals surface area contributed by atoms with E-state index in [0.29, 0.717) is 11.3 Å². The van der Waals surface area contributed by atoms with Crippen molar-refractivity contribution < 1.29 is 9.18 Å². The standard InChI is InChI=1S/C14H12ClFN2O/c1-8-7-9(5-6-12(8)17)14(19)18-13-10(15)3-2-4-11(13)16/h2-7H,17H2,1H3,(H,18,19). The third-order valence-electron chi connectivity index (χ3n) is 2.73. The number of nitrogen functional groups attached to an aromatic ring is 1. The summed E-state index contributed by atoms with van der Waals surface area (Å²) in [6.45, 7) is 1.79. The van der Waals surface area contributed by atoms with Gasteiger partial charge in [0.25, 0.3) is 5.91 Å². The molecule has 0 heterocycles. The molecule has 5 heteroatoms. The van der Waals surface area contributed by atoms with Crippen molar-refractivity contribution >= 4 is 28.9 Å². The highest BCUT2D eigenvalue weighted by Gasteiger charge is 2.12. The van der Waals surface area contributed by atoms with Gasteiger partial charge in [-0.15, -0.1) is 0 Å². The van der Waals surface area contributed by atoms with Gasteiger partial charge in [-0.2, -0.15) is 0 Å². The Morgan fingerprint density at radius 3 is 2.68 bits per heavy atom. The monoisotopic (exact) mass is 278 g/mol. The molecule has 0 aliphatic rings. The van der Waals surface area contributed by atoms with Gasteiger partial charge in [-0.25, -0.2) is 4.39 Å². The second-order valence-corrected chi connectivity index (χ2v) is 4.53. The Hall–Kier alpha value is -2.07. The van der Waals surface area contributed by atoms with E-state index in [1.165, 1.54) is 18.2 Å². The van der Waals surface area contributed by atoms with Crippen molar-refractivity contribution in [3.05, 3.63) is 58.4 Å². The van der Waals surface area contributed by atoms with Crippen molar-refractivity contribution in [1.29, 1.82) is 0 Å². The lowest BCUT2D eigenvalue weighted by molar-refractivity contribution is 0.102. The summed E-state index contributed by atoms with van der Waals surface area (Å²) >= 11 is 5.84. The van der Waals surface area contributed by atoms with E-state index in [0.717, 1.165) is 5.56 Å². The minimum absolute atomic E-state index is 0.0244. The lowest BCUT2D eigenvalue weighted by atomic mass is 10.1. The second kappa shape index (κ2) is 5.28. The van der Waals surface area contributed by atoms with Gasteiger partial charge in [0.05, 0.1) is 10.7 Å². The van der Waals surface area contributed by atoms with Gasteiger partial charge in [0.15, 0.2) is 0 Å². The molecule has 2 rings (SSSR count). The van der Waals surface area contributed by atoms with Gasteiger partial charge in [0.1, 0.15) is 5.82 Å². The van der Waals surface area contributed by atoms with Crippen LogP contribution in [-0.2, 0) is 0 Å². The number of nitrogens with two attached hydrogens (primary N) is 1. The summed E-state index contributed by atoms with van der Waals surface area (Å²) in [5.41, 5.74) is 7.43. The minimum atomic E-state index is -0.576. The second-order valence-electron chi connectivity index (χ2n) is 4.12. The van der Waals surface area contributed by atoms with Crippen molar-refractivity contribution in [2.45, 2.75) is 6.92 Å². The molecule has 2 aromatic carbocycles. The van der Waals surface area contributed by atoms with Crippen LogP contribution in [0.2, 0.25) is 5.02 Å². The van der Waals surface area contributed by atoms with Crippen LogP contribution in [0.25, 0.3) is 0 Å². The number of nitrogens with one attached hydrogen (secondary N) is 1. The van der Waals surface area contributed by atoms with Gasteiger partial charge in [-0.1, -0.05) is 17.7 Å². The predicted octanol–water partition coefficient (Wildman–Crippen LogP) is 3.62. The molecule has 19 heavy (non-hydrogen) atoms. The largest absolute Gasteiger partial charge is 0.399 e. The number of hydrogen-bond acceptors (Lipinski definition) is 2. The van der Waals surface area contributed by atoms with E-state index in [1.54, 1.807) is 25.1 Å². The fourth-order valence-corrected chi connectivity index (χ4v) is 1.83. The molecular formula is C14H12ClFN2O. The van der Waals surface area contributed by atoms with Crippen LogP contribution in [-0.4, -0.2) is 5.91 Å². The maximum absolute atomic E-state index is 13.6. The number of halogens is 2. The van der Waals surface area contributed by atoms with Crippen LogP contribution in [0, 0.1) is 12.7 Å². The molecule has 0 aliphatic carbocycles. The molecule has 98 valence electrons. The molecule has 0 unspecified atom stereocenters. The highest BCUT2D eigenvalue weighted by Crippen LogP contribution is 2.25. The van der Waals surface area contributed by atoms with Crippen molar-refractivity contribution in [2.75, 3.05) is 11.1 Å². The average Bonchev–Trinajstić information content (AvgIpc) is 2.37. The van der Waals surface area contributed by atoms with Crippen molar-refractivity contribution in [3.8, 4) is 0 Å². The number of rotatable bonds is 2. The Kier molecular flexibility index (Phi) is 3.71. The summed E-state index contributed by atoms with van der Waals surface area (Å²) < 4.78 is 13.6. The van der Waals surface area contributed by atoms with Crippen molar-refractivity contribution in [2.24, 2.45) is 0 Å². The van der Waals surface area contributed by atoms with Crippen LogP contribution in [0.15, 0.2) is 36.4 Å². The predicted molar refractivity (Wildman–Crippen MR) is 75.0 cm³/mol. The number of carbonyl (C=O) groups is 1. The molecule has 0 fully saturated rings. The van der Waals surface area contributed by atoms with E-state index in [2.05, 4.69) is 5.32 Å². The highest BCUT2D eigenvalue weighted by molar-refractivity contribution is 6.34. The average molecular weight is 279 g/mol. The third kappa shape index (κ3) is 2.85. The number of para-hydroxylation sites is 1. The Morgan fingerprint density at radius 1 is 1.32 bits per heavy atom. The summed E-state index contributed by atoms with van der Waals surface area (Å²) in [5, 5.41) is 2.61. The van der Waals surface area contributed by atoms with Crippen LogP contribution in [0.3, 0.4) is 0 Å². The Labute approximate surface area is 115 Å². The van der Waals surface area contributed by atoms with Crippen LogP contribution in [0.5, 0.6) is 0 Å². The van der Waals surface area contributed by atoms with Gasteiger partial charge in [0, 0.05) is 11.3 Å². The molecule has 0 bridgehead atoms. The SMILES string of the molecule is Cc1cc(C(=O)Nc2c(F)cccc2Cl)ccc1N. The lowest BCUT2D eigenvalue weighted by Crippen LogP contribution is -2.13. The van der Waals surface area contributed by atoms with E-state index < -0.39 is 11.7 Å². The number of hydrogen-bond donors (Lipinski definition) is 2. The molecule has 0 saturated carbocycles. The van der Waals surface area contributed by atoms with Gasteiger partial charge < -0.3 is 11.1 Å². The summed E-state index contributed by atoms with van der Waals surface area (Å²) in [6.07, 6.45) is 0. The summed E-state index contributed by atoms with van der Waals surface area (Å²) in [6, 6.07) is 9.06. The normalized spacial score (nSPS) is 10.3. The first-order valence-electron chi connectivity index (χ1n) is 5.60. The topological polar surface area (TPSA) is 55.1 Å². The first-order chi connectivity index (χ1) is 8.99. The minimum Gasteiger partial charge on any atom is -0.399 e. The van der Waals surface area contributed by atoms with Crippen LogP contribution < -0.4 is 11.1 Å². The van der Waals surface area contributed by atoms with Crippen LogP contribution in [0.1, 0.15) is 15.9 Å². The summed E-state index contributed by atoms with van der Waals surface area (Å²) in [7, 11) is 0. The lowest BCUT2D eigenvalue weighted by Gasteiger charge is -2.09. The molecule has 2 aromatic rings. The Balaban J connectivity index is 2.28. The zero-order valence-corrected chi connectivity index (χ0v) is 11.0. The molecule has 3 N–H and O–H groups in total. The molecule has 0 saturated heterocycles. The van der Waals surface area contributed by atoms with E-state index in [4.69, 9.17) is 17.3 Å². The Morgan fingerprint density at radius 2 is 2.05 bits per heavy atom. The number of carbonyl (C=O) groups excluding carboxylic acids is 1. The highest BCUT2D eigenvalue weighted by atomic mass is 35.5. The number of aryl methyl sites for hydroxylation is 1. The van der Waals surface area contributed by atoms with E-state index >= 15 is 0 Å². The zero-order chi connectivity index (χ0) is 14.0. The molecule has 0 radical (unpaired) electrons. The smallest absolute Gasteiger partial charge is 0.255 e. The van der Waals surface area contributed by atoms with Crippen molar-refractivity contribution in [1.82, 2.24) is 0 Å². The molecule has 0 aliphatic heterocycles. The number of amides is 1. The molecule has 0 atom stereocenters. The molecule has 1 amide bonds. The quantitative estimate of drug-likeness (QED) is 0.824. The number of benzene rings is 2. The van der Waals surface area contributed by atoms with Gasteiger partial charge >= 0.3 is 0 Å². The van der Waals surface area contributed by atoms with Gasteiger partial charge in [-0.3, -0.25) is 4.79 Å². The van der Waals surface area contributed by atoms with E-state index in [9.17, 15) is 9.18 Å². The first-order valence-corrected chi connectivity index (χ1v) is 5.98. The molecule has 3 nitrogen and oxygen atoms in total. The number of anilines is 2. The maximum Gasteiger partial charge on any atom is 0.255 e. The zero-order valence-electron chi connectivity index (χ0n) is 10.2. The van der Waals surface area contributed by atoms with Crippen LogP contribution in [0.4, 0.5) is 15.8 Å². The fraction of sp³-hybridized carbons (Fsp3) is 0.0714. The van der Waals surface area contributed by atoms with Gasteiger partial charge in [-0.05, 0) is 42.8 Å². The summed E-state index contributed by atoms with van der Waals surface area (Å²) in [4.78, 5) is 12.0. The molecular weight excluding hydrogens is 267 g/mol. The first kappa shape index (κ1) is 13.4. The maximum atomic E-state index is 13.6.